The van der Waals surface area contributed by atoms with E-state index in [0.717, 1.165) is 18.2 Å². The fraction of sp³-hybridized carbons (Fsp3) is 0.250. The van der Waals surface area contributed by atoms with E-state index in [1.54, 1.807) is 0 Å². The van der Waals surface area contributed by atoms with Crippen molar-refractivity contribution in [3.8, 4) is 0 Å². The minimum Gasteiger partial charge on any atom is -0.217 e. The van der Waals surface area contributed by atoms with Crippen LogP contribution in [0.15, 0.2) is 23.1 Å². The number of benzene rings is 1. The standard InChI is InChI=1S/C8H3Cl3F4O4S2/c9-4-2-1-3-5(10)6(4)20(16,17)7(12,13)8(14,15)21(11,18)19/h1-3H. The van der Waals surface area contributed by atoms with Crippen molar-refractivity contribution in [2.24, 2.45) is 0 Å². The first-order chi connectivity index (χ1) is 9.18. The van der Waals surface area contributed by atoms with Crippen LogP contribution < -0.4 is 0 Å². The lowest BCUT2D eigenvalue weighted by Gasteiger charge is -2.24. The van der Waals surface area contributed by atoms with Crippen molar-refractivity contribution in [3.63, 3.8) is 0 Å². The van der Waals surface area contributed by atoms with Crippen molar-refractivity contribution in [3.05, 3.63) is 28.2 Å². The summed E-state index contributed by atoms with van der Waals surface area (Å²) in [7, 11) is -8.31. The number of hydrogen-bond donors (Lipinski definition) is 0. The molecule has 0 fully saturated rings. The molecule has 0 aromatic heterocycles. The van der Waals surface area contributed by atoms with Crippen LogP contribution >= 0.6 is 33.9 Å². The Morgan fingerprint density at radius 2 is 1.24 bits per heavy atom. The van der Waals surface area contributed by atoms with Crippen LogP contribution in [0.5, 0.6) is 0 Å². The van der Waals surface area contributed by atoms with E-state index in [4.69, 9.17) is 23.2 Å². The Labute approximate surface area is 130 Å². The van der Waals surface area contributed by atoms with Gasteiger partial charge in [-0.15, -0.1) is 0 Å². The van der Waals surface area contributed by atoms with Crippen molar-refractivity contribution in [2.45, 2.75) is 15.4 Å². The first-order valence-corrected chi connectivity index (χ1v) is 9.11. The molecule has 0 aliphatic heterocycles. The zero-order chi connectivity index (χ0) is 16.9. The van der Waals surface area contributed by atoms with Gasteiger partial charge in [-0.25, -0.2) is 16.8 Å². The van der Waals surface area contributed by atoms with Crippen molar-refractivity contribution in [1.29, 1.82) is 0 Å². The number of rotatable bonds is 4. The average molecular weight is 410 g/mol. The zero-order valence-electron chi connectivity index (χ0n) is 9.33. The summed E-state index contributed by atoms with van der Waals surface area (Å²) in [4.78, 5) is -1.53. The molecule has 0 aliphatic rings. The van der Waals surface area contributed by atoms with Crippen molar-refractivity contribution in [1.82, 2.24) is 0 Å². The molecule has 0 bridgehead atoms. The molecule has 0 atom stereocenters. The third-order valence-electron chi connectivity index (χ3n) is 2.17. The van der Waals surface area contributed by atoms with Gasteiger partial charge in [-0.2, -0.15) is 17.6 Å². The van der Waals surface area contributed by atoms with Gasteiger partial charge < -0.3 is 0 Å². The van der Waals surface area contributed by atoms with Gasteiger partial charge in [0, 0.05) is 10.7 Å². The van der Waals surface area contributed by atoms with Crippen molar-refractivity contribution >= 4 is 52.8 Å². The van der Waals surface area contributed by atoms with Gasteiger partial charge in [-0.3, -0.25) is 0 Å². The van der Waals surface area contributed by atoms with Crippen LogP contribution in [0.25, 0.3) is 0 Å². The van der Waals surface area contributed by atoms with E-state index >= 15 is 0 Å². The molecule has 1 aromatic rings. The molecule has 0 amide bonds. The first-order valence-electron chi connectivity index (χ1n) is 4.56. The third kappa shape index (κ3) is 2.83. The molecule has 4 nitrogen and oxygen atoms in total. The van der Waals surface area contributed by atoms with Gasteiger partial charge in [0.25, 0.3) is 9.84 Å². The maximum Gasteiger partial charge on any atom is 0.436 e. The van der Waals surface area contributed by atoms with Crippen LogP contribution in [-0.4, -0.2) is 27.3 Å². The molecule has 0 spiro atoms. The van der Waals surface area contributed by atoms with Crippen molar-refractivity contribution < 1.29 is 34.4 Å². The van der Waals surface area contributed by atoms with Gasteiger partial charge >= 0.3 is 19.6 Å². The highest BCUT2D eigenvalue weighted by Crippen LogP contribution is 2.48. The molecular weight excluding hydrogens is 407 g/mol. The Hall–Kier alpha value is -0.290. The monoisotopic (exact) mass is 408 g/mol. The molecule has 1 rings (SSSR count). The first kappa shape index (κ1) is 18.8. The summed E-state index contributed by atoms with van der Waals surface area (Å²) in [6.45, 7) is 0. The normalized spacial score (nSPS) is 14.2. The number of alkyl halides is 4. The van der Waals surface area contributed by atoms with E-state index in [9.17, 15) is 34.4 Å². The quantitative estimate of drug-likeness (QED) is 0.564. The molecule has 0 N–H and O–H groups in total. The van der Waals surface area contributed by atoms with Crippen LogP contribution in [0.3, 0.4) is 0 Å². The molecule has 21 heavy (non-hydrogen) atoms. The second-order valence-corrected chi connectivity index (χ2v) is 8.88. The highest BCUT2D eigenvalue weighted by atomic mass is 35.7. The summed E-state index contributed by atoms with van der Waals surface area (Å²) in [5.41, 5.74) is 0. The fourth-order valence-corrected chi connectivity index (χ4v) is 4.76. The fourth-order valence-electron chi connectivity index (χ4n) is 1.17. The second kappa shape index (κ2) is 5.41. The molecule has 13 heteroatoms. The summed E-state index contributed by atoms with van der Waals surface area (Å²) in [5.74, 6) is 0. The van der Waals surface area contributed by atoms with Crippen LogP contribution in [0.4, 0.5) is 17.6 Å². The van der Waals surface area contributed by atoms with E-state index in [2.05, 4.69) is 10.7 Å². The predicted octanol–water partition coefficient (Wildman–Crippen LogP) is 3.52. The lowest BCUT2D eigenvalue weighted by molar-refractivity contribution is -0.0952. The molecule has 1 aromatic carbocycles. The maximum absolute atomic E-state index is 13.6. The Balaban J connectivity index is 3.72. The van der Waals surface area contributed by atoms with Crippen LogP contribution in [0.1, 0.15) is 0 Å². The van der Waals surface area contributed by atoms with E-state index in [0.29, 0.717) is 0 Å². The van der Waals surface area contributed by atoms with Crippen LogP contribution in [-0.2, 0) is 18.9 Å². The van der Waals surface area contributed by atoms with E-state index in [1.807, 2.05) is 0 Å². The summed E-state index contributed by atoms with van der Waals surface area (Å²) in [6, 6.07) is 2.66. The SMILES string of the molecule is O=S(=O)(Cl)C(F)(F)C(F)(F)S(=O)(=O)c1c(Cl)cccc1Cl. The van der Waals surface area contributed by atoms with Gasteiger partial charge in [0.2, 0.25) is 0 Å². The van der Waals surface area contributed by atoms with Gasteiger partial charge in [-0.1, -0.05) is 29.3 Å². The second-order valence-electron chi connectivity index (χ2n) is 3.53. The number of halogens is 7. The lowest BCUT2D eigenvalue weighted by atomic mass is 10.4. The molecule has 0 unspecified atom stereocenters. The van der Waals surface area contributed by atoms with Gasteiger partial charge in [0.15, 0.2) is 0 Å². The summed E-state index contributed by atoms with van der Waals surface area (Å²) >= 11 is 10.7. The Morgan fingerprint density at radius 3 is 1.57 bits per heavy atom. The minimum absolute atomic E-state index is 0.795. The van der Waals surface area contributed by atoms with Crippen LogP contribution in [0, 0.1) is 0 Å². The molecule has 0 aliphatic carbocycles. The molecular formula is C8H3Cl3F4O4S2. The smallest absolute Gasteiger partial charge is 0.217 e. The van der Waals surface area contributed by atoms with Gasteiger partial charge in [0.05, 0.1) is 10.0 Å². The highest BCUT2D eigenvalue weighted by molar-refractivity contribution is 8.15. The maximum atomic E-state index is 13.6. The van der Waals surface area contributed by atoms with Crippen LogP contribution in [0.2, 0.25) is 10.0 Å². The molecule has 0 saturated carbocycles. The Kier molecular flexibility index (Phi) is 4.83. The molecule has 120 valence electrons. The van der Waals surface area contributed by atoms with Crippen molar-refractivity contribution in [2.75, 3.05) is 0 Å². The Bertz CT molecular complexity index is 756. The Morgan fingerprint density at radius 1 is 0.857 bits per heavy atom. The van der Waals surface area contributed by atoms with E-state index in [-0.39, 0.29) is 0 Å². The summed E-state index contributed by atoms with van der Waals surface area (Å²) in [6.07, 6.45) is 0. The molecule has 0 heterocycles. The largest absolute Gasteiger partial charge is 0.436 e. The third-order valence-corrected chi connectivity index (χ3v) is 6.51. The average Bonchev–Trinajstić information content (AvgIpc) is 2.26. The number of hydrogen-bond acceptors (Lipinski definition) is 4. The number of sulfone groups is 1. The molecule has 0 radical (unpaired) electrons. The molecule has 0 saturated heterocycles. The summed E-state index contributed by atoms with van der Waals surface area (Å²) in [5, 5.41) is -14.0. The van der Waals surface area contributed by atoms with E-state index < -0.39 is 44.3 Å². The summed E-state index contributed by atoms with van der Waals surface area (Å²) < 4.78 is 98.1. The van der Waals surface area contributed by atoms with Gasteiger partial charge in [-0.05, 0) is 12.1 Å². The lowest BCUT2D eigenvalue weighted by Crippen LogP contribution is -2.50. The predicted molar refractivity (Wildman–Crippen MR) is 68.3 cm³/mol. The van der Waals surface area contributed by atoms with E-state index in [1.165, 1.54) is 0 Å². The highest BCUT2D eigenvalue weighted by Gasteiger charge is 2.73. The zero-order valence-corrected chi connectivity index (χ0v) is 13.2. The minimum atomic E-state index is -6.25. The topological polar surface area (TPSA) is 68.3 Å². The van der Waals surface area contributed by atoms with Gasteiger partial charge in [0.1, 0.15) is 4.90 Å².